The van der Waals surface area contributed by atoms with E-state index < -0.39 is 23.8 Å². The predicted octanol–water partition coefficient (Wildman–Crippen LogP) is 0.142. The summed E-state index contributed by atoms with van der Waals surface area (Å²) in [6.07, 6.45) is 0.0753. The zero-order valence-electron chi connectivity index (χ0n) is 9.40. The lowest BCUT2D eigenvalue weighted by molar-refractivity contribution is -0.144. The summed E-state index contributed by atoms with van der Waals surface area (Å²) >= 11 is 0. The second-order valence-corrected chi connectivity index (χ2v) is 3.36. The average Bonchev–Trinajstić information content (AvgIpc) is 2.22. The molecule has 0 bridgehead atoms. The number of nitriles is 1. The zero-order chi connectivity index (χ0) is 12.6. The molecule has 1 amide bonds. The molecule has 6 nitrogen and oxygen atoms in total. The summed E-state index contributed by atoms with van der Waals surface area (Å²) in [7, 11) is 0. The average molecular weight is 228 g/mol. The number of hydrogen-bond donors (Lipinski definition) is 2. The Labute approximate surface area is 94.2 Å². The van der Waals surface area contributed by atoms with Crippen molar-refractivity contribution in [3.8, 4) is 6.07 Å². The summed E-state index contributed by atoms with van der Waals surface area (Å²) < 4.78 is 4.85. The summed E-state index contributed by atoms with van der Waals surface area (Å²) in [4.78, 5) is 22.1. The van der Waals surface area contributed by atoms with Gasteiger partial charge in [0.05, 0.1) is 6.07 Å². The van der Waals surface area contributed by atoms with Crippen LogP contribution in [0.25, 0.3) is 0 Å². The Balaban J connectivity index is 4.29. The monoisotopic (exact) mass is 228 g/mol. The van der Waals surface area contributed by atoms with Crippen molar-refractivity contribution in [2.45, 2.75) is 26.3 Å². The molecule has 0 spiro atoms. The van der Waals surface area contributed by atoms with Gasteiger partial charge in [-0.1, -0.05) is 6.92 Å². The number of amides is 1. The number of carboxylic acid groups (broad SMARTS) is 1. The van der Waals surface area contributed by atoms with Crippen LogP contribution >= 0.6 is 0 Å². The van der Waals surface area contributed by atoms with Gasteiger partial charge in [0.2, 0.25) is 5.91 Å². The van der Waals surface area contributed by atoms with Crippen LogP contribution in [-0.4, -0.2) is 36.2 Å². The number of rotatable bonds is 7. The van der Waals surface area contributed by atoms with Gasteiger partial charge in [-0.2, -0.15) is 5.26 Å². The molecule has 0 saturated carbocycles. The highest BCUT2D eigenvalue weighted by molar-refractivity contribution is 5.84. The van der Waals surface area contributed by atoms with E-state index in [4.69, 9.17) is 15.1 Å². The van der Waals surface area contributed by atoms with E-state index >= 15 is 0 Å². The molecule has 2 atom stereocenters. The maximum atomic E-state index is 11.2. The van der Waals surface area contributed by atoms with Gasteiger partial charge in [0.15, 0.2) is 0 Å². The third-order valence-electron chi connectivity index (χ3n) is 2.00. The highest BCUT2D eigenvalue weighted by Gasteiger charge is 2.26. The summed E-state index contributed by atoms with van der Waals surface area (Å²) in [5.41, 5.74) is 0. The molecule has 6 heteroatoms. The minimum Gasteiger partial charge on any atom is -0.480 e. The third-order valence-corrected chi connectivity index (χ3v) is 2.00. The number of nitrogens with one attached hydrogen (secondary N) is 1. The van der Waals surface area contributed by atoms with Gasteiger partial charge >= 0.3 is 5.97 Å². The van der Waals surface area contributed by atoms with Crippen molar-refractivity contribution >= 4 is 11.9 Å². The van der Waals surface area contributed by atoms with Crippen molar-refractivity contribution in [2.75, 3.05) is 13.2 Å². The molecule has 0 fully saturated rings. The SMILES string of the molecule is CCOCC(=O)N[C@@H](C(=O)O)[C@@H](C)CC#N. The first-order valence-electron chi connectivity index (χ1n) is 4.99. The smallest absolute Gasteiger partial charge is 0.326 e. The number of aliphatic carboxylic acids is 1. The Hall–Kier alpha value is -1.61. The first kappa shape index (κ1) is 14.4. The molecule has 0 heterocycles. The number of carbonyl (C=O) groups is 2. The fraction of sp³-hybridized carbons (Fsp3) is 0.700. The van der Waals surface area contributed by atoms with E-state index in [0.29, 0.717) is 6.61 Å². The summed E-state index contributed by atoms with van der Waals surface area (Å²) in [5.74, 6) is -2.07. The molecule has 0 aromatic rings. The van der Waals surface area contributed by atoms with E-state index in [-0.39, 0.29) is 13.0 Å². The molecular weight excluding hydrogens is 212 g/mol. The molecule has 16 heavy (non-hydrogen) atoms. The van der Waals surface area contributed by atoms with Gasteiger partial charge in [0, 0.05) is 18.9 Å². The fourth-order valence-corrected chi connectivity index (χ4v) is 1.12. The maximum Gasteiger partial charge on any atom is 0.326 e. The quantitative estimate of drug-likeness (QED) is 0.645. The van der Waals surface area contributed by atoms with Gasteiger partial charge in [0.1, 0.15) is 12.6 Å². The molecule has 0 aromatic carbocycles. The van der Waals surface area contributed by atoms with Crippen molar-refractivity contribution in [3.05, 3.63) is 0 Å². The van der Waals surface area contributed by atoms with Crippen molar-refractivity contribution < 1.29 is 19.4 Å². The molecule has 0 aliphatic carbocycles. The lowest BCUT2D eigenvalue weighted by atomic mass is 9.99. The molecule has 0 aliphatic heterocycles. The Morgan fingerprint density at radius 3 is 2.62 bits per heavy atom. The van der Waals surface area contributed by atoms with E-state index in [1.54, 1.807) is 13.8 Å². The van der Waals surface area contributed by atoms with Gasteiger partial charge < -0.3 is 15.2 Å². The summed E-state index contributed by atoms with van der Waals surface area (Å²) in [5, 5.41) is 19.7. The van der Waals surface area contributed by atoms with Crippen LogP contribution in [0, 0.1) is 17.2 Å². The zero-order valence-corrected chi connectivity index (χ0v) is 9.40. The van der Waals surface area contributed by atoms with Crippen LogP contribution in [0.3, 0.4) is 0 Å². The first-order chi connectivity index (χ1) is 7.52. The summed E-state index contributed by atoms with van der Waals surface area (Å²) in [6, 6.07) is 0.825. The van der Waals surface area contributed by atoms with E-state index in [9.17, 15) is 9.59 Å². The van der Waals surface area contributed by atoms with Gasteiger partial charge in [-0.05, 0) is 6.92 Å². The highest BCUT2D eigenvalue weighted by Crippen LogP contribution is 2.07. The molecule has 0 aliphatic rings. The Morgan fingerprint density at radius 2 is 2.19 bits per heavy atom. The lowest BCUT2D eigenvalue weighted by Crippen LogP contribution is -2.46. The van der Waals surface area contributed by atoms with Gasteiger partial charge in [-0.15, -0.1) is 0 Å². The second kappa shape index (κ2) is 7.65. The molecule has 0 unspecified atom stereocenters. The second-order valence-electron chi connectivity index (χ2n) is 3.36. The first-order valence-corrected chi connectivity index (χ1v) is 4.99. The lowest BCUT2D eigenvalue weighted by Gasteiger charge is -2.19. The van der Waals surface area contributed by atoms with Crippen molar-refractivity contribution in [1.82, 2.24) is 5.32 Å². The normalized spacial score (nSPS) is 13.6. The fourth-order valence-electron chi connectivity index (χ4n) is 1.12. The van der Waals surface area contributed by atoms with E-state index in [1.165, 1.54) is 0 Å². The largest absolute Gasteiger partial charge is 0.480 e. The van der Waals surface area contributed by atoms with E-state index in [1.807, 2.05) is 6.07 Å². The van der Waals surface area contributed by atoms with Crippen molar-refractivity contribution in [2.24, 2.45) is 5.92 Å². The number of hydrogen-bond acceptors (Lipinski definition) is 4. The van der Waals surface area contributed by atoms with E-state index in [2.05, 4.69) is 5.32 Å². The van der Waals surface area contributed by atoms with Crippen molar-refractivity contribution in [1.29, 1.82) is 5.26 Å². The van der Waals surface area contributed by atoms with Crippen LogP contribution in [0.5, 0.6) is 0 Å². The molecule has 0 aromatic heterocycles. The van der Waals surface area contributed by atoms with Gasteiger partial charge in [-0.25, -0.2) is 4.79 Å². The van der Waals surface area contributed by atoms with Crippen LogP contribution in [0.2, 0.25) is 0 Å². The highest BCUT2D eigenvalue weighted by atomic mass is 16.5. The minimum atomic E-state index is -1.15. The Kier molecular flexibility index (Phi) is 6.88. The minimum absolute atomic E-state index is 0.0753. The summed E-state index contributed by atoms with van der Waals surface area (Å²) in [6.45, 7) is 3.56. The Morgan fingerprint density at radius 1 is 1.56 bits per heavy atom. The standard InChI is InChI=1S/C10H16N2O4/c1-3-16-6-8(13)12-9(10(14)15)7(2)4-5-11/h7,9H,3-4,6H2,1-2H3,(H,12,13)(H,14,15)/t7-,9+/m0/s1. The molecule has 0 rings (SSSR count). The van der Waals surface area contributed by atoms with Crippen LogP contribution in [0.4, 0.5) is 0 Å². The predicted molar refractivity (Wildman–Crippen MR) is 55.5 cm³/mol. The van der Waals surface area contributed by atoms with Gasteiger partial charge in [-0.3, -0.25) is 4.79 Å². The number of carboxylic acids is 1. The molecule has 2 N–H and O–H groups in total. The van der Waals surface area contributed by atoms with Crippen LogP contribution < -0.4 is 5.32 Å². The molecule has 0 radical (unpaired) electrons. The van der Waals surface area contributed by atoms with E-state index in [0.717, 1.165) is 0 Å². The van der Waals surface area contributed by atoms with Crippen molar-refractivity contribution in [3.63, 3.8) is 0 Å². The van der Waals surface area contributed by atoms with Gasteiger partial charge in [0.25, 0.3) is 0 Å². The van der Waals surface area contributed by atoms with Crippen LogP contribution in [0.15, 0.2) is 0 Å². The number of nitrogens with zero attached hydrogens (tertiary/aromatic N) is 1. The van der Waals surface area contributed by atoms with Crippen LogP contribution in [0.1, 0.15) is 20.3 Å². The number of ether oxygens (including phenoxy) is 1. The third kappa shape index (κ3) is 5.32. The molecule has 0 saturated heterocycles. The Bertz CT molecular complexity index is 285. The number of carbonyl (C=O) groups excluding carboxylic acids is 1. The molecule has 90 valence electrons. The molecular formula is C10H16N2O4. The maximum absolute atomic E-state index is 11.2. The topological polar surface area (TPSA) is 99.4 Å². The van der Waals surface area contributed by atoms with Crippen LogP contribution in [-0.2, 0) is 14.3 Å².